The molecule has 0 aliphatic heterocycles. The summed E-state index contributed by atoms with van der Waals surface area (Å²) >= 11 is 7.71. The summed E-state index contributed by atoms with van der Waals surface area (Å²) in [6, 6.07) is 15.8. The average Bonchev–Trinajstić information content (AvgIpc) is 3.09. The van der Waals surface area contributed by atoms with E-state index in [-0.39, 0.29) is 17.1 Å². The number of para-hydroxylation sites is 1. The van der Waals surface area contributed by atoms with Crippen molar-refractivity contribution in [3.05, 3.63) is 59.1 Å². The van der Waals surface area contributed by atoms with Crippen molar-refractivity contribution in [2.45, 2.75) is 31.3 Å². The van der Waals surface area contributed by atoms with Crippen LogP contribution in [0.25, 0.3) is 17.1 Å². The Hall–Kier alpha value is -2.31. The van der Waals surface area contributed by atoms with Gasteiger partial charge < -0.3 is 4.74 Å². The standard InChI is InChI=1S/C21H22ClN3O2S/c1-21(2,3)15-11-9-14(10-12-15)19-23-24-20(28-13-18(26)27-4)25(19)17-8-6-5-7-16(17)22/h5-12H,13H2,1-4H3. The van der Waals surface area contributed by atoms with Crippen LogP contribution in [0.4, 0.5) is 0 Å². The van der Waals surface area contributed by atoms with Gasteiger partial charge in [-0.1, -0.05) is 80.5 Å². The quantitative estimate of drug-likeness (QED) is 0.426. The van der Waals surface area contributed by atoms with Gasteiger partial charge in [0.25, 0.3) is 0 Å². The molecule has 3 aromatic rings. The van der Waals surface area contributed by atoms with Crippen molar-refractivity contribution in [1.29, 1.82) is 0 Å². The summed E-state index contributed by atoms with van der Waals surface area (Å²) in [4.78, 5) is 11.6. The Kier molecular flexibility index (Phi) is 6.10. The zero-order valence-electron chi connectivity index (χ0n) is 16.3. The van der Waals surface area contributed by atoms with Crippen LogP contribution in [0.3, 0.4) is 0 Å². The maximum absolute atomic E-state index is 11.6. The van der Waals surface area contributed by atoms with E-state index in [1.807, 2.05) is 41.0 Å². The Labute approximate surface area is 174 Å². The van der Waals surface area contributed by atoms with Crippen molar-refractivity contribution in [1.82, 2.24) is 14.8 Å². The van der Waals surface area contributed by atoms with E-state index in [4.69, 9.17) is 16.3 Å². The molecule has 5 nitrogen and oxygen atoms in total. The first-order valence-corrected chi connectivity index (χ1v) is 10.2. The minimum absolute atomic E-state index is 0.0659. The Balaban J connectivity index is 2.07. The number of rotatable bonds is 5. The fourth-order valence-electron chi connectivity index (χ4n) is 2.70. The number of carbonyl (C=O) groups is 1. The highest BCUT2D eigenvalue weighted by Gasteiger charge is 2.20. The Bertz CT molecular complexity index is 978. The second kappa shape index (κ2) is 8.37. The molecule has 7 heteroatoms. The first-order valence-electron chi connectivity index (χ1n) is 8.82. The highest BCUT2D eigenvalue weighted by Crippen LogP contribution is 2.32. The molecule has 0 aliphatic carbocycles. The van der Waals surface area contributed by atoms with Gasteiger partial charge in [-0.3, -0.25) is 9.36 Å². The zero-order valence-corrected chi connectivity index (χ0v) is 17.8. The molecule has 0 saturated heterocycles. The Morgan fingerprint density at radius 3 is 2.39 bits per heavy atom. The fourth-order valence-corrected chi connectivity index (χ4v) is 3.70. The number of hydrogen-bond acceptors (Lipinski definition) is 5. The summed E-state index contributed by atoms with van der Waals surface area (Å²) < 4.78 is 6.61. The van der Waals surface area contributed by atoms with Crippen LogP contribution in [0.1, 0.15) is 26.3 Å². The highest BCUT2D eigenvalue weighted by atomic mass is 35.5. The van der Waals surface area contributed by atoms with Crippen LogP contribution in [0.2, 0.25) is 5.02 Å². The molecule has 3 rings (SSSR count). The molecule has 0 atom stereocenters. The van der Waals surface area contributed by atoms with E-state index in [1.165, 1.54) is 24.4 Å². The lowest BCUT2D eigenvalue weighted by molar-refractivity contribution is -0.137. The summed E-state index contributed by atoms with van der Waals surface area (Å²) in [5.41, 5.74) is 2.98. The molecular weight excluding hydrogens is 394 g/mol. The largest absolute Gasteiger partial charge is 0.468 e. The third-order valence-electron chi connectivity index (χ3n) is 4.28. The molecule has 0 unspecified atom stereocenters. The third-order valence-corrected chi connectivity index (χ3v) is 5.50. The monoisotopic (exact) mass is 415 g/mol. The number of aromatic nitrogens is 3. The topological polar surface area (TPSA) is 57.0 Å². The van der Waals surface area contributed by atoms with Crippen molar-refractivity contribution >= 4 is 29.3 Å². The van der Waals surface area contributed by atoms with Gasteiger partial charge in [0.05, 0.1) is 23.6 Å². The molecule has 0 amide bonds. The summed E-state index contributed by atoms with van der Waals surface area (Å²) in [6.07, 6.45) is 0. The predicted octanol–water partition coefficient (Wildman–Crippen LogP) is 5.15. The number of halogens is 1. The van der Waals surface area contributed by atoms with Crippen molar-refractivity contribution in [2.75, 3.05) is 12.9 Å². The lowest BCUT2D eigenvalue weighted by Gasteiger charge is -2.19. The van der Waals surface area contributed by atoms with Gasteiger partial charge in [0.2, 0.25) is 0 Å². The SMILES string of the molecule is COC(=O)CSc1nnc(-c2ccc(C(C)(C)C)cc2)n1-c1ccccc1Cl. The van der Waals surface area contributed by atoms with Gasteiger partial charge in [0.1, 0.15) is 0 Å². The van der Waals surface area contributed by atoms with Crippen LogP contribution in [-0.2, 0) is 14.9 Å². The van der Waals surface area contributed by atoms with Crippen LogP contribution in [0, 0.1) is 0 Å². The van der Waals surface area contributed by atoms with E-state index >= 15 is 0 Å². The second-order valence-electron chi connectivity index (χ2n) is 7.29. The molecular formula is C21H22ClN3O2S. The maximum Gasteiger partial charge on any atom is 0.316 e. The number of methoxy groups -OCH3 is 1. The minimum atomic E-state index is -0.324. The zero-order chi connectivity index (χ0) is 20.3. The summed E-state index contributed by atoms with van der Waals surface area (Å²) in [7, 11) is 1.36. The van der Waals surface area contributed by atoms with Crippen LogP contribution in [0.5, 0.6) is 0 Å². The van der Waals surface area contributed by atoms with E-state index < -0.39 is 0 Å². The van der Waals surface area contributed by atoms with Crippen LogP contribution in [0.15, 0.2) is 53.7 Å². The molecule has 0 bridgehead atoms. The summed E-state index contributed by atoms with van der Waals surface area (Å²) in [5.74, 6) is 0.484. The molecule has 0 radical (unpaired) electrons. The summed E-state index contributed by atoms with van der Waals surface area (Å²) in [5, 5.41) is 9.83. The van der Waals surface area contributed by atoms with Crippen LogP contribution in [-0.4, -0.2) is 33.6 Å². The van der Waals surface area contributed by atoms with Gasteiger partial charge >= 0.3 is 5.97 Å². The van der Waals surface area contributed by atoms with Gasteiger partial charge in [0.15, 0.2) is 11.0 Å². The van der Waals surface area contributed by atoms with E-state index in [9.17, 15) is 4.79 Å². The predicted molar refractivity (Wildman–Crippen MR) is 113 cm³/mol. The van der Waals surface area contributed by atoms with Gasteiger partial charge in [0, 0.05) is 5.56 Å². The molecule has 0 N–H and O–H groups in total. The number of thioether (sulfide) groups is 1. The Morgan fingerprint density at radius 2 is 1.79 bits per heavy atom. The minimum Gasteiger partial charge on any atom is -0.468 e. The van der Waals surface area contributed by atoms with E-state index in [0.717, 1.165) is 11.3 Å². The number of nitrogens with zero attached hydrogens (tertiary/aromatic N) is 3. The molecule has 0 spiro atoms. The first-order chi connectivity index (χ1) is 13.3. The smallest absolute Gasteiger partial charge is 0.316 e. The van der Waals surface area contributed by atoms with Gasteiger partial charge in [-0.15, -0.1) is 10.2 Å². The second-order valence-corrected chi connectivity index (χ2v) is 8.63. The number of carbonyl (C=O) groups excluding carboxylic acids is 1. The molecule has 28 heavy (non-hydrogen) atoms. The molecule has 2 aromatic carbocycles. The van der Waals surface area contributed by atoms with Crippen LogP contribution >= 0.6 is 23.4 Å². The summed E-state index contributed by atoms with van der Waals surface area (Å²) in [6.45, 7) is 6.53. The number of benzene rings is 2. The molecule has 0 saturated carbocycles. The van der Waals surface area contributed by atoms with Gasteiger partial charge in [-0.05, 0) is 23.1 Å². The number of esters is 1. The molecule has 1 aromatic heterocycles. The lowest BCUT2D eigenvalue weighted by atomic mass is 9.87. The van der Waals surface area contributed by atoms with Crippen molar-refractivity contribution in [3.8, 4) is 17.1 Å². The average molecular weight is 416 g/mol. The van der Waals surface area contributed by atoms with Gasteiger partial charge in [-0.2, -0.15) is 0 Å². The molecule has 0 aliphatic rings. The van der Waals surface area contributed by atoms with Gasteiger partial charge in [-0.25, -0.2) is 0 Å². The van der Waals surface area contributed by atoms with Crippen molar-refractivity contribution in [2.24, 2.45) is 0 Å². The number of ether oxygens (including phenoxy) is 1. The number of hydrogen-bond donors (Lipinski definition) is 0. The fraction of sp³-hybridized carbons (Fsp3) is 0.286. The first kappa shape index (κ1) is 20.4. The van der Waals surface area contributed by atoms with Crippen molar-refractivity contribution < 1.29 is 9.53 Å². The lowest BCUT2D eigenvalue weighted by Crippen LogP contribution is -2.10. The molecule has 146 valence electrons. The van der Waals surface area contributed by atoms with E-state index in [0.29, 0.717) is 16.0 Å². The molecule has 1 heterocycles. The van der Waals surface area contributed by atoms with Crippen molar-refractivity contribution in [3.63, 3.8) is 0 Å². The maximum atomic E-state index is 11.6. The highest BCUT2D eigenvalue weighted by molar-refractivity contribution is 7.99. The third kappa shape index (κ3) is 4.39. The van der Waals surface area contributed by atoms with E-state index in [1.54, 1.807) is 0 Å². The normalized spacial score (nSPS) is 11.5. The van der Waals surface area contributed by atoms with Crippen LogP contribution < -0.4 is 0 Å². The van der Waals surface area contributed by atoms with E-state index in [2.05, 4.69) is 43.1 Å². The molecule has 0 fully saturated rings. The Morgan fingerprint density at radius 1 is 1.11 bits per heavy atom.